The second-order valence-electron chi connectivity index (χ2n) is 7.63. The summed E-state index contributed by atoms with van der Waals surface area (Å²) in [4.78, 5) is 12.0. The number of piperazine rings is 1. The normalized spacial score (nSPS) is 20.6. The fraction of sp³-hybridized carbons (Fsp3) is 0.750. The molecule has 3 heterocycles. The van der Waals surface area contributed by atoms with E-state index < -0.39 is 0 Å². The first kappa shape index (κ1) is 19.5. The molecule has 6 heteroatoms. The van der Waals surface area contributed by atoms with Crippen LogP contribution in [-0.2, 0) is 0 Å². The minimum Gasteiger partial charge on any atom is -0.360 e. The number of nitrogens with one attached hydrogen (secondary N) is 1. The van der Waals surface area contributed by atoms with Gasteiger partial charge in [-0.05, 0) is 68.7 Å². The molecule has 2 aliphatic heterocycles. The highest BCUT2D eigenvalue weighted by Gasteiger charge is 2.20. The van der Waals surface area contributed by atoms with Crippen molar-refractivity contribution in [2.24, 2.45) is 10.9 Å². The van der Waals surface area contributed by atoms with Crippen LogP contribution in [0.5, 0.6) is 0 Å². The van der Waals surface area contributed by atoms with Gasteiger partial charge in [-0.15, -0.1) is 11.3 Å². The van der Waals surface area contributed by atoms with Gasteiger partial charge in [0, 0.05) is 39.8 Å². The Kier molecular flexibility index (Phi) is 7.62. The van der Waals surface area contributed by atoms with E-state index in [2.05, 4.69) is 49.4 Å². The average molecular weight is 378 g/mol. The standard InChI is InChI=1S/C20H35N5S/c1-18-7-11-23(12-8-18)10-4-3-9-22-20(21-2)25-15-13-24(14-16-25)19-6-5-17-26-19/h5-6,17-18H,3-4,7-16H2,1-2H3,(H,21,22). The maximum atomic E-state index is 4.50. The zero-order valence-electron chi connectivity index (χ0n) is 16.5. The molecular formula is C20H35N5S. The first-order valence-corrected chi connectivity index (χ1v) is 11.1. The van der Waals surface area contributed by atoms with Crippen molar-refractivity contribution in [2.75, 3.05) is 64.3 Å². The van der Waals surface area contributed by atoms with Gasteiger partial charge in [0.1, 0.15) is 0 Å². The number of rotatable bonds is 6. The predicted octanol–water partition coefficient (Wildman–Crippen LogP) is 2.96. The molecule has 3 rings (SSSR count). The van der Waals surface area contributed by atoms with E-state index in [1.54, 1.807) is 0 Å². The van der Waals surface area contributed by atoms with Gasteiger partial charge in [-0.2, -0.15) is 0 Å². The SMILES string of the molecule is CN=C(NCCCCN1CCC(C)CC1)N1CCN(c2cccs2)CC1. The van der Waals surface area contributed by atoms with E-state index in [1.165, 1.54) is 50.3 Å². The number of nitrogens with zero attached hydrogens (tertiary/aromatic N) is 4. The zero-order valence-corrected chi connectivity index (χ0v) is 17.3. The van der Waals surface area contributed by atoms with E-state index in [0.717, 1.165) is 44.6 Å². The molecule has 0 amide bonds. The molecule has 2 aliphatic rings. The van der Waals surface area contributed by atoms with Crippen LogP contribution in [0.2, 0.25) is 0 Å². The van der Waals surface area contributed by atoms with Crippen LogP contribution in [0.4, 0.5) is 5.00 Å². The molecule has 0 saturated carbocycles. The molecule has 1 N–H and O–H groups in total. The van der Waals surface area contributed by atoms with Gasteiger partial charge in [-0.25, -0.2) is 0 Å². The molecule has 2 saturated heterocycles. The van der Waals surface area contributed by atoms with Gasteiger partial charge >= 0.3 is 0 Å². The smallest absolute Gasteiger partial charge is 0.193 e. The second kappa shape index (κ2) is 10.2. The van der Waals surface area contributed by atoms with Crippen LogP contribution in [0.3, 0.4) is 0 Å². The van der Waals surface area contributed by atoms with Crippen LogP contribution in [0.1, 0.15) is 32.6 Å². The monoisotopic (exact) mass is 377 g/mol. The molecule has 5 nitrogen and oxygen atoms in total. The van der Waals surface area contributed by atoms with Crippen molar-refractivity contribution in [1.29, 1.82) is 0 Å². The van der Waals surface area contributed by atoms with Crippen LogP contribution in [0.15, 0.2) is 22.5 Å². The second-order valence-corrected chi connectivity index (χ2v) is 8.56. The van der Waals surface area contributed by atoms with E-state index in [0.29, 0.717) is 0 Å². The molecule has 1 aromatic heterocycles. The fourth-order valence-corrected chi connectivity index (χ4v) is 4.65. The number of hydrogen-bond acceptors (Lipinski definition) is 4. The van der Waals surface area contributed by atoms with Crippen molar-refractivity contribution in [1.82, 2.24) is 15.1 Å². The van der Waals surface area contributed by atoms with E-state index >= 15 is 0 Å². The molecule has 0 bridgehead atoms. The van der Waals surface area contributed by atoms with Crippen molar-refractivity contribution in [2.45, 2.75) is 32.6 Å². The predicted molar refractivity (Wildman–Crippen MR) is 114 cm³/mol. The summed E-state index contributed by atoms with van der Waals surface area (Å²) in [7, 11) is 1.91. The summed E-state index contributed by atoms with van der Waals surface area (Å²) < 4.78 is 0. The van der Waals surface area contributed by atoms with Crippen LogP contribution in [0.25, 0.3) is 0 Å². The Morgan fingerprint density at radius 3 is 2.58 bits per heavy atom. The molecule has 0 aliphatic carbocycles. The quantitative estimate of drug-likeness (QED) is 0.470. The molecular weight excluding hydrogens is 342 g/mol. The Morgan fingerprint density at radius 2 is 1.92 bits per heavy atom. The van der Waals surface area contributed by atoms with Crippen molar-refractivity contribution in [3.63, 3.8) is 0 Å². The van der Waals surface area contributed by atoms with Crippen molar-refractivity contribution < 1.29 is 0 Å². The summed E-state index contributed by atoms with van der Waals surface area (Å²) in [6.07, 6.45) is 5.26. The Hall–Kier alpha value is -1.27. The summed E-state index contributed by atoms with van der Waals surface area (Å²) in [6, 6.07) is 4.35. The highest BCUT2D eigenvalue weighted by Crippen LogP contribution is 2.22. The fourth-order valence-electron chi connectivity index (χ4n) is 3.87. The maximum Gasteiger partial charge on any atom is 0.193 e. The number of likely N-dealkylation sites (tertiary alicyclic amines) is 1. The largest absolute Gasteiger partial charge is 0.360 e. The van der Waals surface area contributed by atoms with Crippen molar-refractivity contribution in [3.05, 3.63) is 17.5 Å². The maximum absolute atomic E-state index is 4.50. The van der Waals surface area contributed by atoms with Crippen LogP contribution in [0, 0.1) is 5.92 Å². The third kappa shape index (κ3) is 5.61. The van der Waals surface area contributed by atoms with Crippen molar-refractivity contribution >= 4 is 22.3 Å². The molecule has 0 atom stereocenters. The summed E-state index contributed by atoms with van der Waals surface area (Å²) in [6.45, 7) is 11.5. The lowest BCUT2D eigenvalue weighted by Crippen LogP contribution is -2.52. The third-order valence-corrected chi connectivity index (χ3v) is 6.60. The Balaban J connectivity index is 1.30. The molecule has 2 fully saturated rings. The summed E-state index contributed by atoms with van der Waals surface area (Å²) in [5.41, 5.74) is 0. The molecule has 1 aromatic rings. The van der Waals surface area contributed by atoms with Crippen LogP contribution >= 0.6 is 11.3 Å². The van der Waals surface area contributed by atoms with Gasteiger partial charge < -0.3 is 20.0 Å². The highest BCUT2D eigenvalue weighted by molar-refractivity contribution is 7.14. The van der Waals surface area contributed by atoms with Gasteiger partial charge in [0.05, 0.1) is 5.00 Å². The van der Waals surface area contributed by atoms with Crippen LogP contribution < -0.4 is 10.2 Å². The molecule has 0 spiro atoms. The van der Waals surface area contributed by atoms with E-state index in [1.807, 2.05) is 18.4 Å². The number of aliphatic imine (C=N–C) groups is 1. The zero-order chi connectivity index (χ0) is 18.2. The number of thiophene rings is 1. The van der Waals surface area contributed by atoms with Gasteiger partial charge in [0.15, 0.2) is 5.96 Å². The van der Waals surface area contributed by atoms with Crippen LogP contribution in [-0.4, -0.2) is 75.2 Å². The van der Waals surface area contributed by atoms with Gasteiger partial charge in [0.25, 0.3) is 0 Å². The number of guanidine groups is 1. The lowest BCUT2D eigenvalue weighted by atomic mass is 9.99. The van der Waals surface area contributed by atoms with E-state index in [4.69, 9.17) is 0 Å². The van der Waals surface area contributed by atoms with Gasteiger partial charge in [-0.3, -0.25) is 4.99 Å². The summed E-state index contributed by atoms with van der Waals surface area (Å²) >= 11 is 1.83. The third-order valence-electron chi connectivity index (χ3n) is 5.67. The average Bonchev–Trinajstić information content (AvgIpc) is 3.21. The Labute approximate surface area is 163 Å². The number of anilines is 1. The summed E-state index contributed by atoms with van der Waals surface area (Å²) in [5, 5.41) is 7.12. The van der Waals surface area contributed by atoms with Crippen molar-refractivity contribution in [3.8, 4) is 0 Å². The Morgan fingerprint density at radius 1 is 1.15 bits per heavy atom. The van der Waals surface area contributed by atoms with E-state index in [9.17, 15) is 0 Å². The first-order valence-electron chi connectivity index (χ1n) is 10.2. The number of unbranched alkanes of at least 4 members (excludes halogenated alkanes) is 1. The molecule has 0 unspecified atom stereocenters. The molecule has 26 heavy (non-hydrogen) atoms. The number of hydrogen-bond donors (Lipinski definition) is 1. The molecule has 146 valence electrons. The summed E-state index contributed by atoms with van der Waals surface area (Å²) in [5.74, 6) is 2.00. The Bertz CT molecular complexity index is 528. The minimum atomic E-state index is 0.927. The lowest BCUT2D eigenvalue weighted by molar-refractivity contribution is 0.189. The molecule has 0 radical (unpaired) electrons. The van der Waals surface area contributed by atoms with E-state index in [-0.39, 0.29) is 0 Å². The number of piperidine rings is 1. The minimum absolute atomic E-state index is 0.927. The van der Waals surface area contributed by atoms with Gasteiger partial charge in [-0.1, -0.05) is 6.92 Å². The van der Waals surface area contributed by atoms with Gasteiger partial charge in [0.2, 0.25) is 0 Å². The lowest BCUT2D eigenvalue weighted by Gasteiger charge is -2.37. The highest BCUT2D eigenvalue weighted by atomic mass is 32.1. The topological polar surface area (TPSA) is 34.1 Å². The molecule has 0 aromatic carbocycles. The first-order chi connectivity index (χ1) is 12.8.